The predicted octanol–water partition coefficient (Wildman–Crippen LogP) is 2.88. The van der Waals surface area contributed by atoms with E-state index in [2.05, 4.69) is 64.8 Å². The van der Waals surface area contributed by atoms with Crippen molar-refractivity contribution in [2.45, 2.75) is 26.2 Å². The van der Waals surface area contributed by atoms with Crippen LogP contribution in [0.15, 0.2) is 27.7 Å². The minimum absolute atomic E-state index is 0.140. The molecule has 2 N–H and O–H groups in total. The molecule has 17 heavy (non-hydrogen) atoms. The van der Waals surface area contributed by atoms with Gasteiger partial charge in [-0.2, -0.15) is 0 Å². The maximum absolute atomic E-state index is 5.89. The summed E-state index contributed by atoms with van der Waals surface area (Å²) in [4.78, 5) is 6.28. The molecule has 2 rings (SSSR count). The van der Waals surface area contributed by atoms with Crippen LogP contribution in [0, 0.1) is 0 Å². The molecule has 0 unspecified atom stereocenters. The van der Waals surface area contributed by atoms with Gasteiger partial charge in [-0.1, -0.05) is 26.8 Å². The molecule has 0 saturated heterocycles. The van der Waals surface area contributed by atoms with E-state index in [0.717, 1.165) is 23.2 Å². The third-order valence-electron chi connectivity index (χ3n) is 2.98. The van der Waals surface area contributed by atoms with Crippen LogP contribution in [-0.2, 0) is 5.41 Å². The zero-order valence-corrected chi connectivity index (χ0v) is 12.1. The summed E-state index contributed by atoms with van der Waals surface area (Å²) in [5.41, 5.74) is 8.44. The Hall–Kier alpha value is -1.03. The van der Waals surface area contributed by atoms with Crippen molar-refractivity contribution in [2.24, 2.45) is 10.7 Å². The molecule has 3 nitrogen and oxygen atoms in total. The van der Waals surface area contributed by atoms with Crippen molar-refractivity contribution in [3.05, 3.63) is 28.2 Å². The van der Waals surface area contributed by atoms with Gasteiger partial charge in [-0.05, 0) is 39.0 Å². The summed E-state index contributed by atoms with van der Waals surface area (Å²) in [6.45, 7) is 8.26. The van der Waals surface area contributed by atoms with Crippen LogP contribution in [0.5, 0.6) is 0 Å². The fraction of sp³-hybridized carbons (Fsp3) is 0.462. The van der Waals surface area contributed by atoms with Gasteiger partial charge in [0.15, 0.2) is 5.96 Å². The van der Waals surface area contributed by atoms with Crippen LogP contribution in [0.4, 0.5) is 5.69 Å². The molecule has 1 heterocycles. The molecule has 0 aromatic heterocycles. The van der Waals surface area contributed by atoms with E-state index in [1.165, 1.54) is 5.56 Å². The molecule has 0 bridgehead atoms. The van der Waals surface area contributed by atoms with E-state index in [9.17, 15) is 0 Å². The van der Waals surface area contributed by atoms with E-state index < -0.39 is 0 Å². The number of hydrogen-bond donors (Lipinski definition) is 1. The van der Waals surface area contributed by atoms with Gasteiger partial charge in [0.2, 0.25) is 0 Å². The highest BCUT2D eigenvalue weighted by Crippen LogP contribution is 2.32. The van der Waals surface area contributed by atoms with Gasteiger partial charge in [0.1, 0.15) is 0 Å². The van der Waals surface area contributed by atoms with Crippen LogP contribution in [0.25, 0.3) is 0 Å². The SMILES string of the molecule is CC(C)(C)c1ccc(Br)c(N2CCN=C2N)c1. The molecule has 92 valence electrons. The molecule has 1 aliphatic heterocycles. The minimum Gasteiger partial charge on any atom is -0.370 e. The molecule has 0 saturated carbocycles. The number of halogens is 1. The zero-order chi connectivity index (χ0) is 12.6. The number of nitrogens with zero attached hydrogens (tertiary/aromatic N) is 2. The fourth-order valence-electron chi connectivity index (χ4n) is 1.89. The minimum atomic E-state index is 0.140. The van der Waals surface area contributed by atoms with Gasteiger partial charge >= 0.3 is 0 Å². The molecule has 0 fully saturated rings. The lowest BCUT2D eigenvalue weighted by Crippen LogP contribution is -2.34. The number of anilines is 1. The summed E-state index contributed by atoms with van der Waals surface area (Å²) in [7, 11) is 0. The summed E-state index contributed by atoms with van der Waals surface area (Å²) in [6.07, 6.45) is 0. The average molecular weight is 296 g/mol. The Morgan fingerprint density at radius 2 is 2.06 bits per heavy atom. The Morgan fingerprint density at radius 3 is 2.59 bits per heavy atom. The highest BCUT2D eigenvalue weighted by atomic mass is 79.9. The van der Waals surface area contributed by atoms with Gasteiger partial charge in [-0.15, -0.1) is 0 Å². The molecule has 0 radical (unpaired) electrons. The largest absolute Gasteiger partial charge is 0.370 e. The Balaban J connectivity index is 2.43. The number of hydrogen-bond acceptors (Lipinski definition) is 3. The maximum atomic E-state index is 5.89. The van der Waals surface area contributed by atoms with Crippen LogP contribution in [-0.4, -0.2) is 19.0 Å². The highest BCUT2D eigenvalue weighted by Gasteiger charge is 2.21. The van der Waals surface area contributed by atoms with Gasteiger partial charge in [-0.3, -0.25) is 4.99 Å². The Bertz CT molecular complexity index is 460. The summed E-state index contributed by atoms with van der Waals surface area (Å²) in [5, 5.41) is 0. The fourth-order valence-corrected chi connectivity index (χ4v) is 2.36. The molecule has 1 aromatic rings. The van der Waals surface area contributed by atoms with E-state index in [4.69, 9.17) is 5.73 Å². The lowest BCUT2D eigenvalue weighted by molar-refractivity contribution is 0.590. The number of guanidine groups is 1. The van der Waals surface area contributed by atoms with Crippen molar-refractivity contribution in [3.63, 3.8) is 0 Å². The summed E-state index contributed by atoms with van der Waals surface area (Å²) >= 11 is 3.58. The van der Waals surface area contributed by atoms with Gasteiger partial charge in [0.25, 0.3) is 0 Å². The van der Waals surface area contributed by atoms with Gasteiger partial charge in [-0.25, -0.2) is 0 Å². The van der Waals surface area contributed by atoms with Crippen molar-refractivity contribution in [1.29, 1.82) is 0 Å². The number of nitrogens with two attached hydrogens (primary N) is 1. The lowest BCUT2D eigenvalue weighted by Gasteiger charge is -2.24. The van der Waals surface area contributed by atoms with E-state index in [1.807, 2.05) is 0 Å². The first-order valence-electron chi connectivity index (χ1n) is 5.77. The average Bonchev–Trinajstić information content (AvgIpc) is 2.63. The van der Waals surface area contributed by atoms with Gasteiger partial charge < -0.3 is 10.6 Å². The van der Waals surface area contributed by atoms with Crippen LogP contribution in [0.1, 0.15) is 26.3 Å². The summed E-state index contributed by atoms with van der Waals surface area (Å²) in [5.74, 6) is 0.608. The maximum Gasteiger partial charge on any atom is 0.195 e. The van der Waals surface area contributed by atoms with E-state index in [0.29, 0.717) is 5.96 Å². The quantitative estimate of drug-likeness (QED) is 0.866. The molecule has 0 aliphatic carbocycles. The Kier molecular flexibility index (Phi) is 3.17. The van der Waals surface area contributed by atoms with E-state index >= 15 is 0 Å². The van der Waals surface area contributed by atoms with Crippen molar-refractivity contribution >= 4 is 27.6 Å². The first-order chi connectivity index (χ1) is 7.89. The normalized spacial score (nSPS) is 16.2. The van der Waals surface area contributed by atoms with Crippen molar-refractivity contribution in [2.75, 3.05) is 18.0 Å². The van der Waals surface area contributed by atoms with Gasteiger partial charge in [0, 0.05) is 11.0 Å². The standard InChI is InChI=1S/C13H18BrN3/c1-13(2,3)9-4-5-10(14)11(8-9)17-7-6-16-12(17)15/h4-5,8H,6-7H2,1-3H3,(H2,15,16). The molecule has 0 amide bonds. The molecule has 0 spiro atoms. The topological polar surface area (TPSA) is 41.6 Å². The van der Waals surface area contributed by atoms with E-state index in [-0.39, 0.29) is 5.41 Å². The smallest absolute Gasteiger partial charge is 0.195 e. The van der Waals surface area contributed by atoms with Crippen LogP contribution in [0.3, 0.4) is 0 Å². The number of rotatable bonds is 1. The summed E-state index contributed by atoms with van der Waals surface area (Å²) in [6, 6.07) is 6.43. The van der Waals surface area contributed by atoms with E-state index in [1.54, 1.807) is 0 Å². The van der Waals surface area contributed by atoms with Crippen molar-refractivity contribution in [1.82, 2.24) is 0 Å². The molecular weight excluding hydrogens is 278 g/mol. The first-order valence-corrected chi connectivity index (χ1v) is 6.56. The predicted molar refractivity (Wildman–Crippen MR) is 76.7 cm³/mol. The first kappa shape index (κ1) is 12.4. The Labute approximate surface area is 111 Å². The van der Waals surface area contributed by atoms with Crippen molar-refractivity contribution < 1.29 is 0 Å². The second-order valence-corrected chi connectivity index (χ2v) is 6.16. The lowest BCUT2D eigenvalue weighted by atomic mass is 9.87. The van der Waals surface area contributed by atoms with Crippen molar-refractivity contribution in [3.8, 4) is 0 Å². The van der Waals surface area contributed by atoms with Crippen LogP contribution < -0.4 is 10.6 Å². The monoisotopic (exact) mass is 295 g/mol. The second kappa shape index (κ2) is 4.33. The zero-order valence-electron chi connectivity index (χ0n) is 10.5. The van der Waals surface area contributed by atoms with Crippen LogP contribution in [0.2, 0.25) is 0 Å². The summed E-state index contributed by atoms with van der Waals surface area (Å²) < 4.78 is 1.06. The number of aliphatic imine (C=N–C) groups is 1. The number of benzene rings is 1. The van der Waals surface area contributed by atoms with Gasteiger partial charge in [0.05, 0.1) is 12.2 Å². The molecule has 0 atom stereocenters. The molecular formula is C13H18BrN3. The van der Waals surface area contributed by atoms with Crippen LogP contribution >= 0.6 is 15.9 Å². The molecule has 1 aromatic carbocycles. The molecule has 1 aliphatic rings. The third kappa shape index (κ3) is 2.46. The second-order valence-electron chi connectivity index (χ2n) is 5.31. The highest BCUT2D eigenvalue weighted by molar-refractivity contribution is 9.10. The third-order valence-corrected chi connectivity index (χ3v) is 3.65. The molecule has 4 heteroatoms. The Morgan fingerprint density at radius 1 is 1.35 bits per heavy atom.